The van der Waals surface area contributed by atoms with Crippen molar-refractivity contribution in [2.24, 2.45) is 0 Å². The smallest absolute Gasteiger partial charge is 1.00 e. The van der Waals surface area contributed by atoms with Crippen LogP contribution in [0.1, 0.15) is 26.7 Å². The predicted octanol–water partition coefficient (Wildman–Crippen LogP) is -1.22. The minimum Gasteiger partial charge on any atom is -1.00 e. The van der Waals surface area contributed by atoms with Crippen molar-refractivity contribution < 1.29 is 45.2 Å². The van der Waals surface area contributed by atoms with Gasteiger partial charge in [-0.1, -0.05) is 0 Å². The third-order valence-electron chi connectivity index (χ3n) is 4.68. The van der Waals surface area contributed by atoms with E-state index in [1.54, 1.807) is 5.56 Å². The summed E-state index contributed by atoms with van der Waals surface area (Å²) in [6.45, 7) is 0. The third kappa shape index (κ3) is 4.74. The molecule has 2 aromatic carbocycles. The molecule has 0 aromatic heterocycles. The van der Waals surface area contributed by atoms with Gasteiger partial charge < -0.3 is 24.8 Å². The van der Waals surface area contributed by atoms with Crippen molar-refractivity contribution in [3.8, 4) is 0 Å². The van der Waals surface area contributed by atoms with Gasteiger partial charge in [-0.25, -0.2) is 0 Å². The summed E-state index contributed by atoms with van der Waals surface area (Å²) < 4.78 is 2.59. The van der Waals surface area contributed by atoms with Crippen LogP contribution >= 0.6 is 0 Å². The second-order valence-corrected chi connectivity index (χ2v) is 19.0. The Balaban J connectivity index is 0.00000113. The summed E-state index contributed by atoms with van der Waals surface area (Å²) in [5.41, 5.74) is 4.60. The second-order valence-electron chi connectivity index (χ2n) is 6.14. The third-order valence-corrected chi connectivity index (χ3v) is 20.5. The molecular weight excluding hydrogens is 442 g/mol. The van der Waals surface area contributed by atoms with Gasteiger partial charge in [0.1, 0.15) is 0 Å². The first kappa shape index (κ1) is 20.6. The fraction of sp³-hybridized carbons (Fsp3) is 0.143. The quantitative estimate of drug-likeness (QED) is 0.500. The van der Waals surface area contributed by atoms with Crippen LogP contribution < -0.4 is 24.8 Å². The van der Waals surface area contributed by atoms with Crippen molar-refractivity contribution in [3.63, 3.8) is 0 Å². The Hall–Kier alpha value is -0.660. The number of halogens is 2. The minimum absolute atomic E-state index is 0. The molecule has 0 amide bonds. The molecule has 0 N–H and O–H groups in total. The summed E-state index contributed by atoms with van der Waals surface area (Å²) in [7, 11) is 0. The van der Waals surface area contributed by atoms with Crippen LogP contribution in [0.25, 0.3) is 6.08 Å². The van der Waals surface area contributed by atoms with Gasteiger partial charge in [-0.15, -0.1) is 0 Å². The molecule has 126 valence electrons. The van der Waals surface area contributed by atoms with E-state index in [1.807, 2.05) is 3.28 Å². The van der Waals surface area contributed by atoms with Crippen molar-refractivity contribution in [2.75, 3.05) is 0 Å². The van der Waals surface area contributed by atoms with E-state index in [9.17, 15) is 0 Å². The van der Waals surface area contributed by atoms with Gasteiger partial charge in [0.25, 0.3) is 0 Å². The zero-order valence-electron chi connectivity index (χ0n) is 13.9. The zero-order valence-corrected chi connectivity index (χ0v) is 19.0. The Bertz CT molecular complexity index is 838. The molecule has 0 nitrogen and oxygen atoms in total. The van der Waals surface area contributed by atoms with Crippen molar-refractivity contribution in [1.29, 1.82) is 0 Å². The minimum atomic E-state index is -1.63. The first-order chi connectivity index (χ1) is 11.4. The Kier molecular flexibility index (Phi) is 8.16. The Morgan fingerprint density at radius 2 is 1.72 bits per heavy atom. The van der Waals surface area contributed by atoms with Crippen LogP contribution in [0.5, 0.6) is 0 Å². The molecule has 0 bridgehead atoms. The van der Waals surface area contributed by atoms with Crippen LogP contribution in [0, 0.1) is 0 Å². The number of hydrogen-bond acceptors (Lipinski definition) is 0. The standard InChI is InChI=1S/C9H7.C7H8Si.C5H5.2ClH.Zr/c1-2-5-9-7-3-6-8(9)4-1;8-6-7-4-2-1-3-5-7;1-2-4-5-3-1;;;/h1-7H;1-5,8H,6H2;1-3H,4H2;2*1H;/q;;;;;+2/p-2. The first-order valence-corrected chi connectivity index (χ1v) is 16.6. The molecule has 0 aliphatic heterocycles. The summed E-state index contributed by atoms with van der Waals surface area (Å²) in [6, 6.07) is 21.4. The number of allylic oxidation sites excluding steroid dienone is 5. The molecule has 2 aliphatic rings. The van der Waals surface area contributed by atoms with Crippen LogP contribution in [0.15, 0.2) is 82.2 Å². The van der Waals surface area contributed by atoms with Crippen molar-refractivity contribution in [3.05, 3.63) is 98.9 Å². The van der Waals surface area contributed by atoms with Gasteiger partial charge in [0.05, 0.1) is 0 Å². The zero-order chi connectivity index (χ0) is 15.5. The molecular formula is C21H20Cl2SiZr. The number of benzene rings is 2. The Morgan fingerprint density at radius 1 is 0.960 bits per heavy atom. The summed E-state index contributed by atoms with van der Waals surface area (Å²) in [5, 5.41) is 0. The number of rotatable bonds is 4. The predicted molar refractivity (Wildman–Crippen MR) is 97.4 cm³/mol. The molecule has 0 fully saturated rings. The van der Waals surface area contributed by atoms with Crippen LogP contribution in [0.4, 0.5) is 0 Å². The molecule has 25 heavy (non-hydrogen) atoms. The Labute approximate surface area is 171 Å². The number of hydrogen-bond donors (Lipinski definition) is 0. The first-order valence-electron chi connectivity index (χ1n) is 8.29. The van der Waals surface area contributed by atoms with E-state index >= 15 is 0 Å². The summed E-state index contributed by atoms with van der Waals surface area (Å²) in [4.78, 5) is 0. The van der Waals surface area contributed by atoms with Crippen LogP contribution in [0.2, 0.25) is 0 Å². The molecule has 0 saturated heterocycles. The van der Waals surface area contributed by atoms with Gasteiger partial charge in [-0.2, -0.15) is 0 Å². The SMILES string of the molecule is C1=CC[C](/[Zr+2](=[SiH]\Cc2ccccc2)[CH]2C=Cc3ccccc32)=C1.[Cl-].[Cl-]. The monoisotopic (exact) mass is 460 g/mol. The molecule has 1 atom stereocenters. The maximum absolute atomic E-state index is 2.52. The maximum atomic E-state index is 2.52. The average Bonchev–Trinajstić information content (AvgIpc) is 3.27. The van der Waals surface area contributed by atoms with Crippen molar-refractivity contribution >= 4 is 12.2 Å². The van der Waals surface area contributed by atoms with Gasteiger partial charge in [-0.05, 0) is 0 Å². The molecule has 0 heterocycles. The van der Waals surface area contributed by atoms with Gasteiger partial charge in [0.2, 0.25) is 0 Å². The van der Waals surface area contributed by atoms with Gasteiger partial charge >= 0.3 is 148 Å². The second kappa shape index (κ2) is 9.88. The van der Waals surface area contributed by atoms with E-state index < -0.39 is 20.4 Å². The summed E-state index contributed by atoms with van der Waals surface area (Å²) in [5.74, 6) is 0. The fourth-order valence-electron chi connectivity index (χ4n) is 3.48. The average molecular weight is 463 g/mol. The molecule has 4 rings (SSSR count). The maximum Gasteiger partial charge on any atom is -1.00 e. The van der Waals surface area contributed by atoms with Crippen LogP contribution in [-0.4, -0.2) is 6.16 Å². The van der Waals surface area contributed by atoms with Crippen LogP contribution in [0.3, 0.4) is 0 Å². The molecule has 0 spiro atoms. The normalized spacial score (nSPS) is 16.8. The van der Waals surface area contributed by atoms with Crippen LogP contribution in [-0.2, 0) is 26.4 Å². The van der Waals surface area contributed by atoms with Crippen molar-refractivity contribution in [1.82, 2.24) is 0 Å². The molecule has 1 unspecified atom stereocenters. The van der Waals surface area contributed by atoms with E-state index in [-0.39, 0.29) is 24.8 Å². The topological polar surface area (TPSA) is 0 Å². The van der Waals surface area contributed by atoms with Gasteiger partial charge in [0.15, 0.2) is 0 Å². The summed E-state index contributed by atoms with van der Waals surface area (Å²) >= 11 is -1.63. The van der Waals surface area contributed by atoms with E-state index in [4.69, 9.17) is 0 Å². The van der Waals surface area contributed by atoms with E-state index in [2.05, 4.69) is 85.0 Å². The van der Waals surface area contributed by atoms with Crippen molar-refractivity contribution in [2.45, 2.75) is 16.1 Å². The summed E-state index contributed by atoms with van der Waals surface area (Å²) in [6.07, 6.45) is 13.7. The molecule has 2 aromatic rings. The van der Waals surface area contributed by atoms with Gasteiger partial charge in [-0.3, -0.25) is 0 Å². The molecule has 2 aliphatic carbocycles. The van der Waals surface area contributed by atoms with Gasteiger partial charge in [0, 0.05) is 0 Å². The number of fused-ring (bicyclic) bond motifs is 1. The van der Waals surface area contributed by atoms with E-state index in [0.717, 1.165) is 3.63 Å². The van der Waals surface area contributed by atoms with E-state index in [0.29, 0.717) is 6.16 Å². The van der Waals surface area contributed by atoms with E-state index in [1.165, 1.54) is 23.6 Å². The molecule has 4 heteroatoms. The largest absolute Gasteiger partial charge is 1.00 e. The fourth-order valence-corrected chi connectivity index (χ4v) is 19.7. The molecule has 0 radical (unpaired) electrons. The Morgan fingerprint density at radius 3 is 2.48 bits per heavy atom. The molecule has 0 saturated carbocycles.